The molecule has 0 fully saturated rings. The van der Waals surface area contributed by atoms with Crippen molar-refractivity contribution in [1.29, 1.82) is 0 Å². The Bertz CT molecular complexity index is 568. The van der Waals surface area contributed by atoms with Crippen molar-refractivity contribution in [1.82, 2.24) is 5.32 Å². The minimum Gasteiger partial charge on any atom is -0.454 e. The van der Waals surface area contributed by atoms with Gasteiger partial charge in [-0.2, -0.15) is 0 Å². The van der Waals surface area contributed by atoms with Gasteiger partial charge in [-0.15, -0.1) is 0 Å². The van der Waals surface area contributed by atoms with Crippen LogP contribution in [0.2, 0.25) is 0 Å². The molecule has 0 aliphatic rings. The number of ether oxygens (including phenoxy) is 1. The normalized spacial score (nSPS) is 12.2. The van der Waals surface area contributed by atoms with E-state index in [9.17, 15) is 4.39 Å². The number of aryl methyl sites for hydroxylation is 1. The van der Waals surface area contributed by atoms with Gasteiger partial charge in [-0.3, -0.25) is 0 Å². The largest absolute Gasteiger partial charge is 0.454 e. The minimum absolute atomic E-state index is 0.143. The molecule has 1 atom stereocenters. The van der Waals surface area contributed by atoms with Crippen molar-refractivity contribution >= 4 is 0 Å². The van der Waals surface area contributed by atoms with Crippen LogP contribution in [-0.4, -0.2) is 7.05 Å². The lowest BCUT2D eigenvalue weighted by molar-refractivity contribution is 0.430. The van der Waals surface area contributed by atoms with Crippen LogP contribution in [0.15, 0.2) is 42.5 Å². The zero-order valence-corrected chi connectivity index (χ0v) is 11.4. The summed E-state index contributed by atoms with van der Waals surface area (Å²) in [6, 6.07) is 13.0. The first kappa shape index (κ1) is 13.6. The molecule has 0 aromatic heterocycles. The van der Waals surface area contributed by atoms with Gasteiger partial charge < -0.3 is 10.1 Å². The Labute approximate surface area is 113 Å². The summed E-state index contributed by atoms with van der Waals surface area (Å²) in [7, 11) is 1.88. The van der Waals surface area contributed by atoms with Gasteiger partial charge in [-0.05, 0) is 38.6 Å². The third kappa shape index (κ3) is 2.93. The first-order chi connectivity index (χ1) is 9.13. The number of para-hydroxylation sites is 1. The molecule has 19 heavy (non-hydrogen) atoms. The third-order valence-corrected chi connectivity index (χ3v) is 3.19. The highest BCUT2D eigenvalue weighted by Gasteiger charge is 2.12. The van der Waals surface area contributed by atoms with E-state index in [1.807, 2.05) is 38.2 Å². The smallest absolute Gasteiger partial charge is 0.168 e. The number of rotatable bonds is 4. The minimum atomic E-state index is -0.311. The van der Waals surface area contributed by atoms with Gasteiger partial charge >= 0.3 is 0 Å². The SMILES string of the molecule is CNC(C)c1ccccc1Oc1cccc(C)c1F. The van der Waals surface area contributed by atoms with Gasteiger partial charge in [-0.25, -0.2) is 4.39 Å². The van der Waals surface area contributed by atoms with Crippen LogP contribution < -0.4 is 10.1 Å². The molecule has 2 nitrogen and oxygen atoms in total. The van der Waals surface area contributed by atoms with Gasteiger partial charge in [0, 0.05) is 11.6 Å². The molecule has 2 aromatic rings. The number of hydrogen-bond donors (Lipinski definition) is 1. The third-order valence-electron chi connectivity index (χ3n) is 3.19. The Morgan fingerprint density at radius 2 is 1.74 bits per heavy atom. The van der Waals surface area contributed by atoms with Crippen molar-refractivity contribution in [2.75, 3.05) is 7.05 Å². The molecule has 0 saturated heterocycles. The van der Waals surface area contributed by atoms with Crippen molar-refractivity contribution in [2.45, 2.75) is 19.9 Å². The fraction of sp³-hybridized carbons (Fsp3) is 0.250. The first-order valence-corrected chi connectivity index (χ1v) is 6.32. The molecule has 0 saturated carbocycles. The highest BCUT2D eigenvalue weighted by molar-refractivity contribution is 5.41. The van der Waals surface area contributed by atoms with Crippen LogP contribution in [0.3, 0.4) is 0 Å². The van der Waals surface area contributed by atoms with Gasteiger partial charge in [0.2, 0.25) is 0 Å². The standard InChI is InChI=1S/C16H18FNO/c1-11-7-6-10-15(16(11)17)19-14-9-5-4-8-13(14)12(2)18-3/h4-10,12,18H,1-3H3. The van der Waals surface area contributed by atoms with Crippen LogP contribution in [0.4, 0.5) is 4.39 Å². The molecule has 0 amide bonds. The van der Waals surface area contributed by atoms with Crippen LogP contribution in [-0.2, 0) is 0 Å². The van der Waals surface area contributed by atoms with Crippen molar-refractivity contribution in [3.05, 3.63) is 59.4 Å². The molecule has 2 rings (SSSR count). The van der Waals surface area contributed by atoms with E-state index >= 15 is 0 Å². The molecule has 0 radical (unpaired) electrons. The molecule has 3 heteroatoms. The van der Waals surface area contributed by atoms with E-state index < -0.39 is 0 Å². The molecule has 100 valence electrons. The predicted octanol–water partition coefficient (Wildman–Crippen LogP) is 4.21. The molecule has 2 aromatic carbocycles. The van der Waals surface area contributed by atoms with E-state index in [4.69, 9.17) is 4.74 Å². The highest BCUT2D eigenvalue weighted by atomic mass is 19.1. The molecule has 1 unspecified atom stereocenters. The molecule has 0 spiro atoms. The monoisotopic (exact) mass is 259 g/mol. The number of halogens is 1. The maximum Gasteiger partial charge on any atom is 0.168 e. The Morgan fingerprint density at radius 1 is 1.05 bits per heavy atom. The summed E-state index contributed by atoms with van der Waals surface area (Å²) in [6.45, 7) is 3.76. The van der Waals surface area contributed by atoms with E-state index in [-0.39, 0.29) is 17.6 Å². The Kier molecular flexibility index (Phi) is 4.17. The zero-order valence-electron chi connectivity index (χ0n) is 11.4. The quantitative estimate of drug-likeness (QED) is 0.888. The Hall–Kier alpha value is -1.87. The van der Waals surface area contributed by atoms with E-state index in [1.54, 1.807) is 25.1 Å². The predicted molar refractivity (Wildman–Crippen MR) is 75.1 cm³/mol. The van der Waals surface area contributed by atoms with E-state index in [0.717, 1.165) is 5.56 Å². The molecule has 0 heterocycles. The lowest BCUT2D eigenvalue weighted by atomic mass is 10.1. The van der Waals surface area contributed by atoms with E-state index in [1.165, 1.54) is 0 Å². The van der Waals surface area contributed by atoms with Crippen LogP contribution >= 0.6 is 0 Å². The Morgan fingerprint density at radius 3 is 2.47 bits per heavy atom. The fourth-order valence-corrected chi connectivity index (χ4v) is 1.90. The van der Waals surface area contributed by atoms with E-state index in [0.29, 0.717) is 11.3 Å². The number of hydrogen-bond acceptors (Lipinski definition) is 2. The molecule has 0 aliphatic carbocycles. The van der Waals surface area contributed by atoms with Crippen LogP contribution in [0, 0.1) is 12.7 Å². The topological polar surface area (TPSA) is 21.3 Å². The van der Waals surface area contributed by atoms with E-state index in [2.05, 4.69) is 5.32 Å². The second kappa shape index (κ2) is 5.85. The number of nitrogens with one attached hydrogen (secondary N) is 1. The fourth-order valence-electron chi connectivity index (χ4n) is 1.90. The highest BCUT2D eigenvalue weighted by Crippen LogP contribution is 2.31. The maximum atomic E-state index is 14.0. The summed E-state index contributed by atoms with van der Waals surface area (Å²) in [6.07, 6.45) is 0. The summed E-state index contributed by atoms with van der Waals surface area (Å²) in [5.74, 6) is 0.624. The molecule has 1 N–H and O–H groups in total. The Balaban J connectivity index is 2.36. The lowest BCUT2D eigenvalue weighted by Gasteiger charge is -2.16. The van der Waals surface area contributed by atoms with Crippen molar-refractivity contribution in [2.24, 2.45) is 0 Å². The molecule has 0 bridgehead atoms. The number of benzene rings is 2. The summed E-state index contributed by atoms with van der Waals surface area (Å²) >= 11 is 0. The van der Waals surface area contributed by atoms with Crippen LogP contribution in [0.25, 0.3) is 0 Å². The second-order valence-corrected chi connectivity index (χ2v) is 4.54. The average molecular weight is 259 g/mol. The van der Waals surface area contributed by atoms with Gasteiger partial charge in [-0.1, -0.05) is 30.3 Å². The summed E-state index contributed by atoms with van der Waals surface area (Å²) in [4.78, 5) is 0. The van der Waals surface area contributed by atoms with Crippen molar-refractivity contribution in [3.8, 4) is 11.5 Å². The second-order valence-electron chi connectivity index (χ2n) is 4.54. The molecular weight excluding hydrogens is 241 g/mol. The average Bonchev–Trinajstić information content (AvgIpc) is 2.43. The zero-order chi connectivity index (χ0) is 13.8. The lowest BCUT2D eigenvalue weighted by Crippen LogP contribution is -2.13. The first-order valence-electron chi connectivity index (χ1n) is 6.32. The summed E-state index contributed by atoms with van der Waals surface area (Å²) in [5, 5.41) is 3.16. The van der Waals surface area contributed by atoms with Crippen molar-refractivity contribution < 1.29 is 9.13 Å². The van der Waals surface area contributed by atoms with Crippen molar-refractivity contribution in [3.63, 3.8) is 0 Å². The molecular formula is C16H18FNO. The van der Waals surface area contributed by atoms with Crippen LogP contribution in [0.1, 0.15) is 24.1 Å². The van der Waals surface area contributed by atoms with Gasteiger partial charge in [0.05, 0.1) is 0 Å². The maximum absolute atomic E-state index is 14.0. The summed E-state index contributed by atoms with van der Waals surface area (Å²) in [5.41, 5.74) is 1.59. The van der Waals surface area contributed by atoms with Crippen LogP contribution in [0.5, 0.6) is 11.5 Å². The summed E-state index contributed by atoms with van der Waals surface area (Å²) < 4.78 is 19.7. The van der Waals surface area contributed by atoms with Gasteiger partial charge in [0.25, 0.3) is 0 Å². The van der Waals surface area contributed by atoms with Gasteiger partial charge in [0.1, 0.15) is 5.75 Å². The van der Waals surface area contributed by atoms with Gasteiger partial charge in [0.15, 0.2) is 11.6 Å². The molecule has 0 aliphatic heterocycles.